The summed E-state index contributed by atoms with van der Waals surface area (Å²) in [6, 6.07) is 0. The molecule has 0 saturated carbocycles. The minimum Gasteiger partial charge on any atom is -0.330 e. The highest BCUT2D eigenvalue weighted by atomic mass is 31.2. The van der Waals surface area contributed by atoms with E-state index in [1.165, 1.54) is 0 Å². The van der Waals surface area contributed by atoms with Gasteiger partial charge in [-0.25, -0.2) is 0 Å². The van der Waals surface area contributed by atoms with E-state index in [9.17, 15) is 0 Å². The van der Waals surface area contributed by atoms with Crippen LogP contribution in [-0.4, -0.2) is 34.8 Å². The lowest BCUT2D eigenvalue weighted by Crippen LogP contribution is -2.59. The van der Waals surface area contributed by atoms with Gasteiger partial charge in [-0.15, -0.1) is 0 Å². The molecule has 0 amide bonds. The third kappa shape index (κ3) is 8.09. The molecule has 0 heterocycles. The van der Waals surface area contributed by atoms with Crippen LogP contribution in [0.2, 0.25) is 58.9 Å². The van der Waals surface area contributed by atoms with Crippen molar-refractivity contribution in [1.29, 1.82) is 0 Å². The second-order valence-electron chi connectivity index (χ2n) is 8.44. The molecule has 0 aromatic heterocycles. The van der Waals surface area contributed by atoms with E-state index in [0.29, 0.717) is 0 Å². The molecule has 0 spiro atoms. The molecular weight excluding hydrogens is 303 g/mol. The first-order valence-electron chi connectivity index (χ1n) is 7.19. The van der Waals surface area contributed by atoms with E-state index in [0.717, 1.165) is 0 Å². The standard InChI is InChI=1S/C12H35N2OPSi3/c1-12(2)15-16(13-17(3,4)5)14(18(6,7)8)19(9,10)11/h12-13H,1-11H3/t16-/m0/s1. The molecule has 1 atom stereocenters. The van der Waals surface area contributed by atoms with Crippen LogP contribution in [0.1, 0.15) is 13.8 Å². The molecule has 0 radical (unpaired) electrons. The topological polar surface area (TPSA) is 24.5 Å². The third-order valence-electron chi connectivity index (χ3n) is 2.19. The molecule has 7 heteroatoms. The van der Waals surface area contributed by atoms with Gasteiger partial charge in [0, 0.05) is 0 Å². The zero-order valence-electron chi connectivity index (χ0n) is 14.9. The summed E-state index contributed by atoms with van der Waals surface area (Å²) >= 11 is 0. The summed E-state index contributed by atoms with van der Waals surface area (Å²) in [6.45, 7) is 26.0. The van der Waals surface area contributed by atoms with Crippen molar-refractivity contribution in [3.8, 4) is 0 Å². The molecule has 0 saturated heterocycles. The summed E-state index contributed by atoms with van der Waals surface area (Å²) in [5.41, 5.74) is 0. The maximum atomic E-state index is 6.33. The second-order valence-corrected chi connectivity index (χ2v) is 25.8. The van der Waals surface area contributed by atoms with Crippen molar-refractivity contribution >= 4 is 33.2 Å². The third-order valence-corrected chi connectivity index (χ3v) is 17.9. The number of nitrogens with one attached hydrogen (secondary N) is 1. The Hall–Kier alpha value is 0.961. The Balaban J connectivity index is 5.38. The lowest BCUT2D eigenvalue weighted by molar-refractivity contribution is 0.260. The highest BCUT2D eigenvalue weighted by molar-refractivity contribution is 7.55. The van der Waals surface area contributed by atoms with E-state index in [1.54, 1.807) is 0 Å². The molecule has 0 unspecified atom stereocenters. The van der Waals surface area contributed by atoms with Gasteiger partial charge in [0.05, 0.1) is 6.10 Å². The van der Waals surface area contributed by atoms with Gasteiger partial charge in [0.15, 0.2) is 8.45 Å². The Labute approximate surface area is 125 Å². The lowest BCUT2D eigenvalue weighted by Gasteiger charge is -2.49. The van der Waals surface area contributed by atoms with Gasteiger partial charge in [-0.05, 0) is 13.8 Å². The summed E-state index contributed by atoms with van der Waals surface area (Å²) in [5, 5.41) is 0. The SMILES string of the molecule is CC(C)O[P@@](N[Si](C)(C)C)N([Si](C)(C)C)[Si](C)(C)C. The molecule has 0 aliphatic rings. The molecule has 0 aromatic carbocycles. The Morgan fingerprint density at radius 2 is 1.21 bits per heavy atom. The van der Waals surface area contributed by atoms with E-state index in [-0.39, 0.29) is 6.10 Å². The maximum Gasteiger partial charge on any atom is 0.164 e. The van der Waals surface area contributed by atoms with Crippen LogP contribution in [0, 0.1) is 0 Å². The molecule has 19 heavy (non-hydrogen) atoms. The van der Waals surface area contributed by atoms with Gasteiger partial charge in [-0.1, -0.05) is 58.9 Å². The molecular formula is C12H35N2OPSi3. The van der Waals surface area contributed by atoms with Gasteiger partial charge < -0.3 is 4.52 Å². The summed E-state index contributed by atoms with van der Waals surface area (Å²) in [5.74, 6) is 0. The van der Waals surface area contributed by atoms with Crippen molar-refractivity contribution in [1.82, 2.24) is 8.75 Å². The maximum absolute atomic E-state index is 6.33. The van der Waals surface area contributed by atoms with Crippen LogP contribution in [0.5, 0.6) is 0 Å². The quantitative estimate of drug-likeness (QED) is 0.520. The Bertz CT molecular complexity index is 268. The van der Waals surface area contributed by atoms with Crippen LogP contribution >= 0.6 is 8.45 Å². The predicted octanol–water partition coefficient (Wildman–Crippen LogP) is 5.03. The zero-order valence-corrected chi connectivity index (χ0v) is 18.8. The van der Waals surface area contributed by atoms with Crippen LogP contribution in [-0.2, 0) is 4.52 Å². The molecule has 0 fully saturated rings. The van der Waals surface area contributed by atoms with Crippen LogP contribution in [0.3, 0.4) is 0 Å². The average molecular weight is 339 g/mol. The van der Waals surface area contributed by atoms with Crippen LogP contribution in [0.15, 0.2) is 0 Å². The van der Waals surface area contributed by atoms with Crippen molar-refractivity contribution in [2.24, 2.45) is 0 Å². The Morgan fingerprint density at radius 3 is 1.42 bits per heavy atom. The predicted molar refractivity (Wildman–Crippen MR) is 98.2 cm³/mol. The van der Waals surface area contributed by atoms with E-state index in [1.807, 2.05) is 0 Å². The van der Waals surface area contributed by atoms with Crippen molar-refractivity contribution in [2.75, 3.05) is 0 Å². The lowest BCUT2D eigenvalue weighted by atomic mass is 10.5. The zero-order chi connectivity index (χ0) is 15.6. The van der Waals surface area contributed by atoms with Crippen LogP contribution < -0.4 is 4.75 Å². The van der Waals surface area contributed by atoms with Crippen molar-refractivity contribution in [3.63, 3.8) is 0 Å². The second kappa shape index (κ2) is 6.81. The highest BCUT2D eigenvalue weighted by Gasteiger charge is 2.42. The number of nitrogens with zero attached hydrogens (tertiary/aromatic N) is 1. The Morgan fingerprint density at radius 1 is 0.842 bits per heavy atom. The number of rotatable bonds is 7. The number of hydrogen-bond donors (Lipinski definition) is 1. The molecule has 116 valence electrons. The summed E-state index contributed by atoms with van der Waals surface area (Å²) in [4.78, 5) is 0. The molecule has 0 aromatic rings. The Kier molecular flexibility index (Phi) is 7.16. The van der Waals surface area contributed by atoms with Gasteiger partial charge in [-0.2, -0.15) is 0 Å². The fourth-order valence-electron chi connectivity index (χ4n) is 2.16. The normalized spacial score (nSPS) is 16.3. The van der Waals surface area contributed by atoms with E-state index >= 15 is 0 Å². The fourth-order valence-corrected chi connectivity index (χ4v) is 19.2. The molecule has 0 aliphatic carbocycles. The first-order chi connectivity index (χ1) is 8.14. The smallest absolute Gasteiger partial charge is 0.164 e. The fraction of sp³-hybridized carbons (Fsp3) is 1.00. The summed E-state index contributed by atoms with van der Waals surface area (Å²) in [7, 11) is -4.80. The molecule has 1 N–H and O–H groups in total. The number of hydrogen-bond acceptors (Lipinski definition) is 3. The van der Waals surface area contributed by atoms with Gasteiger partial charge >= 0.3 is 0 Å². The first kappa shape index (κ1) is 20.0. The minimum absolute atomic E-state index is 0.283. The first-order valence-corrected chi connectivity index (χ1v) is 18.8. The summed E-state index contributed by atoms with van der Waals surface area (Å²) in [6.07, 6.45) is 0.283. The average Bonchev–Trinajstić information content (AvgIpc) is 1.90. The van der Waals surface area contributed by atoms with E-state index in [4.69, 9.17) is 4.52 Å². The van der Waals surface area contributed by atoms with Gasteiger partial charge in [0.2, 0.25) is 0 Å². The minimum atomic E-state index is -1.39. The monoisotopic (exact) mass is 338 g/mol. The van der Waals surface area contributed by atoms with Crippen molar-refractivity contribution in [3.05, 3.63) is 0 Å². The van der Waals surface area contributed by atoms with Crippen LogP contribution in [0.25, 0.3) is 0 Å². The van der Waals surface area contributed by atoms with E-state index in [2.05, 4.69) is 81.5 Å². The molecule has 3 nitrogen and oxygen atoms in total. The largest absolute Gasteiger partial charge is 0.330 e. The van der Waals surface area contributed by atoms with Gasteiger partial charge in [-0.3, -0.25) is 8.75 Å². The molecule has 0 rings (SSSR count). The van der Waals surface area contributed by atoms with Gasteiger partial charge in [0.1, 0.15) is 24.7 Å². The summed E-state index contributed by atoms with van der Waals surface area (Å²) < 4.78 is 13.0. The van der Waals surface area contributed by atoms with Gasteiger partial charge in [0.25, 0.3) is 0 Å². The van der Waals surface area contributed by atoms with Crippen molar-refractivity contribution in [2.45, 2.75) is 78.9 Å². The highest BCUT2D eigenvalue weighted by Crippen LogP contribution is 2.47. The molecule has 0 aliphatic heterocycles. The van der Waals surface area contributed by atoms with Crippen molar-refractivity contribution < 1.29 is 4.52 Å². The van der Waals surface area contributed by atoms with Crippen LogP contribution in [0.4, 0.5) is 0 Å². The van der Waals surface area contributed by atoms with E-state index < -0.39 is 33.2 Å². The molecule has 0 bridgehead atoms.